The van der Waals surface area contributed by atoms with Crippen LogP contribution < -0.4 is 5.32 Å². The molecule has 0 aliphatic rings. The zero-order valence-electron chi connectivity index (χ0n) is 11.0. The molecular formula is C14H15N3O3. The molecule has 0 spiro atoms. The van der Waals surface area contributed by atoms with Crippen molar-refractivity contribution in [3.63, 3.8) is 0 Å². The van der Waals surface area contributed by atoms with E-state index >= 15 is 0 Å². The molecule has 1 aromatic heterocycles. The molecule has 0 bridgehead atoms. The molecule has 104 valence electrons. The number of hydrogen-bond donors (Lipinski definition) is 2. The minimum absolute atomic E-state index is 0.0271. The average molecular weight is 273 g/mol. The quantitative estimate of drug-likeness (QED) is 0.871. The second-order valence-electron chi connectivity index (χ2n) is 4.46. The molecule has 20 heavy (non-hydrogen) atoms. The second-order valence-corrected chi connectivity index (χ2v) is 4.46. The van der Waals surface area contributed by atoms with Crippen molar-refractivity contribution >= 4 is 17.6 Å². The Bertz CT molecular complexity index is 617. The molecule has 1 heterocycles. The van der Waals surface area contributed by atoms with Crippen molar-refractivity contribution in [2.45, 2.75) is 19.9 Å². The molecule has 1 aromatic carbocycles. The summed E-state index contributed by atoms with van der Waals surface area (Å²) in [5.41, 5.74) is 2.22. The summed E-state index contributed by atoms with van der Waals surface area (Å²) >= 11 is 0. The van der Waals surface area contributed by atoms with Crippen LogP contribution >= 0.6 is 0 Å². The molecule has 6 heteroatoms. The minimum Gasteiger partial charge on any atom is -0.481 e. The number of aryl methyl sites for hydroxylation is 2. The Morgan fingerprint density at radius 3 is 2.65 bits per heavy atom. The standard InChI is InChI=1S/C14H15N3O3/c1-10-2-4-12(5-3-10)16-14(20)11-8-15-17(9-11)7-6-13(18)19/h2-5,8-9H,6-7H2,1H3,(H,16,20)(H,18,19). The van der Waals surface area contributed by atoms with Gasteiger partial charge in [0.15, 0.2) is 0 Å². The molecule has 0 unspecified atom stereocenters. The van der Waals surface area contributed by atoms with Crippen LogP contribution in [0.4, 0.5) is 5.69 Å². The van der Waals surface area contributed by atoms with E-state index in [4.69, 9.17) is 5.11 Å². The van der Waals surface area contributed by atoms with Gasteiger partial charge in [-0.2, -0.15) is 5.10 Å². The van der Waals surface area contributed by atoms with Crippen molar-refractivity contribution < 1.29 is 14.7 Å². The fourth-order valence-electron chi connectivity index (χ4n) is 1.65. The Labute approximate surface area is 116 Å². The molecule has 2 aromatic rings. The summed E-state index contributed by atoms with van der Waals surface area (Å²) in [7, 11) is 0. The third-order valence-corrected chi connectivity index (χ3v) is 2.76. The minimum atomic E-state index is -0.897. The van der Waals surface area contributed by atoms with Crippen LogP contribution in [-0.4, -0.2) is 26.8 Å². The van der Waals surface area contributed by atoms with Gasteiger partial charge in [0.25, 0.3) is 5.91 Å². The predicted octanol–water partition coefficient (Wildman–Crippen LogP) is 1.92. The highest BCUT2D eigenvalue weighted by Crippen LogP contribution is 2.10. The summed E-state index contributed by atoms with van der Waals surface area (Å²) in [6, 6.07) is 7.46. The van der Waals surface area contributed by atoms with Gasteiger partial charge in [0.05, 0.1) is 24.7 Å². The first-order valence-electron chi connectivity index (χ1n) is 6.17. The molecule has 0 aliphatic heterocycles. The van der Waals surface area contributed by atoms with Gasteiger partial charge in [0.1, 0.15) is 0 Å². The number of benzene rings is 1. The van der Waals surface area contributed by atoms with Crippen LogP contribution in [0.1, 0.15) is 22.3 Å². The molecule has 0 saturated carbocycles. The molecule has 1 amide bonds. The van der Waals surface area contributed by atoms with Gasteiger partial charge in [0.2, 0.25) is 0 Å². The molecule has 6 nitrogen and oxygen atoms in total. The molecule has 0 aliphatic carbocycles. The molecular weight excluding hydrogens is 258 g/mol. The van der Waals surface area contributed by atoms with E-state index in [-0.39, 0.29) is 18.9 Å². The van der Waals surface area contributed by atoms with Crippen LogP contribution in [0, 0.1) is 6.92 Å². The number of aromatic nitrogens is 2. The lowest BCUT2D eigenvalue weighted by Gasteiger charge is -2.03. The third-order valence-electron chi connectivity index (χ3n) is 2.76. The Hall–Kier alpha value is -2.63. The zero-order chi connectivity index (χ0) is 14.5. The number of hydrogen-bond acceptors (Lipinski definition) is 3. The van der Waals surface area contributed by atoms with Crippen molar-refractivity contribution in [3.8, 4) is 0 Å². The van der Waals surface area contributed by atoms with E-state index in [9.17, 15) is 9.59 Å². The topological polar surface area (TPSA) is 84.2 Å². The lowest BCUT2D eigenvalue weighted by molar-refractivity contribution is -0.137. The second kappa shape index (κ2) is 6.01. The molecule has 2 rings (SSSR count). The van der Waals surface area contributed by atoms with Gasteiger partial charge < -0.3 is 10.4 Å². The van der Waals surface area contributed by atoms with Crippen molar-refractivity contribution in [1.29, 1.82) is 0 Å². The van der Waals surface area contributed by atoms with Crippen LogP contribution in [0.5, 0.6) is 0 Å². The van der Waals surface area contributed by atoms with Gasteiger partial charge in [-0.3, -0.25) is 14.3 Å². The Balaban J connectivity index is 1.98. The first-order chi connectivity index (χ1) is 9.54. The van der Waals surface area contributed by atoms with Gasteiger partial charge in [0, 0.05) is 11.9 Å². The van der Waals surface area contributed by atoms with Crippen LogP contribution in [0.3, 0.4) is 0 Å². The van der Waals surface area contributed by atoms with Gasteiger partial charge in [-0.05, 0) is 19.1 Å². The van der Waals surface area contributed by atoms with Gasteiger partial charge in [-0.1, -0.05) is 17.7 Å². The fraction of sp³-hybridized carbons (Fsp3) is 0.214. The largest absolute Gasteiger partial charge is 0.481 e. The number of carbonyl (C=O) groups excluding carboxylic acids is 1. The summed E-state index contributed by atoms with van der Waals surface area (Å²) in [4.78, 5) is 22.4. The average Bonchev–Trinajstić information content (AvgIpc) is 2.88. The summed E-state index contributed by atoms with van der Waals surface area (Å²) in [5.74, 6) is -1.17. The number of anilines is 1. The van der Waals surface area contributed by atoms with Crippen molar-refractivity contribution in [3.05, 3.63) is 47.8 Å². The van der Waals surface area contributed by atoms with Crippen LogP contribution in [0.25, 0.3) is 0 Å². The fourth-order valence-corrected chi connectivity index (χ4v) is 1.65. The van der Waals surface area contributed by atoms with E-state index in [1.54, 1.807) is 0 Å². The van der Waals surface area contributed by atoms with E-state index < -0.39 is 5.97 Å². The van der Waals surface area contributed by atoms with Gasteiger partial charge in [-0.15, -0.1) is 0 Å². The van der Waals surface area contributed by atoms with Gasteiger partial charge in [-0.25, -0.2) is 0 Å². The molecule has 2 N–H and O–H groups in total. The molecule has 0 radical (unpaired) electrons. The molecule has 0 fully saturated rings. The lowest BCUT2D eigenvalue weighted by atomic mass is 10.2. The normalized spacial score (nSPS) is 10.2. The molecule has 0 atom stereocenters. The Morgan fingerprint density at radius 2 is 2.00 bits per heavy atom. The van der Waals surface area contributed by atoms with E-state index in [1.807, 2.05) is 31.2 Å². The lowest BCUT2D eigenvalue weighted by Crippen LogP contribution is -2.11. The number of carbonyl (C=O) groups is 2. The Morgan fingerprint density at radius 1 is 1.30 bits per heavy atom. The van der Waals surface area contributed by atoms with Gasteiger partial charge >= 0.3 is 5.97 Å². The number of carboxylic acid groups (broad SMARTS) is 1. The predicted molar refractivity (Wildman–Crippen MR) is 73.6 cm³/mol. The highest BCUT2D eigenvalue weighted by molar-refractivity contribution is 6.03. The Kier molecular flexibility index (Phi) is 4.14. The van der Waals surface area contributed by atoms with Crippen molar-refractivity contribution in [2.75, 3.05) is 5.32 Å². The first kappa shape index (κ1) is 13.8. The number of carboxylic acids is 1. The third kappa shape index (κ3) is 3.68. The molecule has 0 saturated heterocycles. The monoisotopic (exact) mass is 273 g/mol. The zero-order valence-corrected chi connectivity index (χ0v) is 11.0. The summed E-state index contributed by atoms with van der Waals surface area (Å²) in [5, 5.41) is 15.3. The van der Waals surface area contributed by atoms with Crippen molar-refractivity contribution in [1.82, 2.24) is 9.78 Å². The maximum atomic E-state index is 12.0. The smallest absolute Gasteiger partial charge is 0.305 e. The first-order valence-corrected chi connectivity index (χ1v) is 6.17. The van der Waals surface area contributed by atoms with Crippen LogP contribution in [0.2, 0.25) is 0 Å². The van der Waals surface area contributed by atoms with E-state index in [0.29, 0.717) is 11.3 Å². The maximum absolute atomic E-state index is 12.0. The SMILES string of the molecule is Cc1ccc(NC(=O)c2cnn(CCC(=O)O)c2)cc1. The van der Waals surface area contributed by atoms with E-state index in [1.165, 1.54) is 17.1 Å². The highest BCUT2D eigenvalue weighted by Gasteiger charge is 2.09. The van der Waals surface area contributed by atoms with E-state index in [0.717, 1.165) is 5.56 Å². The maximum Gasteiger partial charge on any atom is 0.305 e. The van der Waals surface area contributed by atoms with Crippen LogP contribution in [0.15, 0.2) is 36.7 Å². The number of aliphatic carboxylic acids is 1. The van der Waals surface area contributed by atoms with Crippen LogP contribution in [-0.2, 0) is 11.3 Å². The number of amides is 1. The van der Waals surface area contributed by atoms with Crippen molar-refractivity contribution in [2.24, 2.45) is 0 Å². The highest BCUT2D eigenvalue weighted by atomic mass is 16.4. The van der Waals surface area contributed by atoms with E-state index in [2.05, 4.69) is 10.4 Å². The summed E-state index contributed by atoms with van der Waals surface area (Å²) in [6.45, 7) is 2.21. The number of rotatable bonds is 5. The number of nitrogens with zero attached hydrogens (tertiary/aromatic N) is 2. The number of nitrogens with one attached hydrogen (secondary N) is 1. The summed E-state index contributed by atoms with van der Waals surface area (Å²) < 4.78 is 1.44. The summed E-state index contributed by atoms with van der Waals surface area (Å²) in [6.07, 6.45) is 2.93.